The van der Waals surface area contributed by atoms with E-state index in [9.17, 15) is 13.2 Å². The van der Waals surface area contributed by atoms with Gasteiger partial charge in [-0.05, 0) is 12.1 Å². The minimum Gasteiger partial charge on any atom is -0.365 e. The van der Waals surface area contributed by atoms with Crippen molar-refractivity contribution >= 4 is 27.1 Å². The van der Waals surface area contributed by atoms with Crippen LogP contribution in [-0.2, 0) is 9.84 Å². The Morgan fingerprint density at radius 3 is 2.33 bits per heavy atom. The first-order valence-electron chi connectivity index (χ1n) is 4.94. The van der Waals surface area contributed by atoms with Gasteiger partial charge in [-0.2, -0.15) is 0 Å². The van der Waals surface area contributed by atoms with Gasteiger partial charge in [0, 0.05) is 11.8 Å². The Kier molecular flexibility index (Phi) is 3.18. The number of hydrogen-bond acceptors (Lipinski definition) is 5. The Bertz CT molecular complexity index is 687. The summed E-state index contributed by atoms with van der Waals surface area (Å²) in [5, 5.41) is 0.629. The van der Waals surface area contributed by atoms with Crippen LogP contribution in [0.5, 0.6) is 0 Å². The van der Waals surface area contributed by atoms with E-state index in [0.29, 0.717) is 9.88 Å². The quantitative estimate of drug-likeness (QED) is 0.919. The van der Waals surface area contributed by atoms with Crippen molar-refractivity contribution < 1.29 is 13.2 Å². The summed E-state index contributed by atoms with van der Waals surface area (Å²) in [6.07, 6.45) is 2.56. The second-order valence-corrected chi connectivity index (χ2v) is 6.74. The largest absolute Gasteiger partial charge is 0.365 e. The van der Waals surface area contributed by atoms with Crippen LogP contribution in [0.3, 0.4) is 0 Å². The standard InChI is InChI=1S/C11H10N2O3S2/c1-18(15,16)8-4-2-7(3-5-8)11-13-6-9(17-11)10(12)14/h2-6H,1H3,(H2,12,14). The molecule has 0 aliphatic carbocycles. The molecule has 1 heterocycles. The van der Waals surface area contributed by atoms with Gasteiger partial charge in [0.25, 0.3) is 5.91 Å². The molecule has 0 fully saturated rings. The maximum atomic E-state index is 11.3. The number of nitrogens with two attached hydrogens (primary N) is 1. The molecule has 18 heavy (non-hydrogen) atoms. The molecule has 0 saturated heterocycles. The third-order valence-corrected chi connectivity index (χ3v) is 4.47. The summed E-state index contributed by atoms with van der Waals surface area (Å²) in [4.78, 5) is 15.6. The van der Waals surface area contributed by atoms with Crippen LogP contribution < -0.4 is 5.73 Å². The van der Waals surface area contributed by atoms with Gasteiger partial charge >= 0.3 is 0 Å². The molecule has 2 rings (SSSR count). The molecule has 0 saturated carbocycles. The third kappa shape index (κ3) is 2.57. The van der Waals surface area contributed by atoms with Gasteiger partial charge in [0.05, 0.1) is 11.1 Å². The molecule has 7 heteroatoms. The topological polar surface area (TPSA) is 90.1 Å². The number of nitrogens with zero attached hydrogens (tertiary/aromatic N) is 1. The van der Waals surface area contributed by atoms with Crippen LogP contribution in [0.15, 0.2) is 35.4 Å². The van der Waals surface area contributed by atoms with Gasteiger partial charge in [-0.1, -0.05) is 12.1 Å². The monoisotopic (exact) mass is 282 g/mol. The first-order chi connectivity index (χ1) is 8.38. The fourth-order valence-corrected chi connectivity index (χ4v) is 2.77. The molecule has 0 radical (unpaired) electrons. The molecule has 1 aromatic carbocycles. The van der Waals surface area contributed by atoms with E-state index in [-0.39, 0.29) is 4.90 Å². The van der Waals surface area contributed by atoms with E-state index in [2.05, 4.69) is 4.98 Å². The van der Waals surface area contributed by atoms with E-state index in [1.54, 1.807) is 12.1 Å². The van der Waals surface area contributed by atoms with Crippen LogP contribution in [0.4, 0.5) is 0 Å². The molecule has 1 aromatic heterocycles. The van der Waals surface area contributed by atoms with Crippen LogP contribution >= 0.6 is 11.3 Å². The highest BCUT2D eigenvalue weighted by Gasteiger charge is 2.10. The number of hydrogen-bond donors (Lipinski definition) is 1. The molecular weight excluding hydrogens is 272 g/mol. The number of thiazole rings is 1. The summed E-state index contributed by atoms with van der Waals surface area (Å²) in [6.45, 7) is 0. The molecule has 2 N–H and O–H groups in total. The minimum absolute atomic E-state index is 0.248. The lowest BCUT2D eigenvalue weighted by Crippen LogP contribution is -2.08. The van der Waals surface area contributed by atoms with Crippen LogP contribution in [-0.4, -0.2) is 25.6 Å². The highest BCUT2D eigenvalue weighted by molar-refractivity contribution is 7.90. The first kappa shape index (κ1) is 12.7. The average molecular weight is 282 g/mol. The average Bonchev–Trinajstić information content (AvgIpc) is 2.77. The summed E-state index contributed by atoms with van der Waals surface area (Å²) in [5.74, 6) is -0.522. The molecular formula is C11H10N2O3S2. The maximum Gasteiger partial charge on any atom is 0.260 e. The number of carbonyl (C=O) groups is 1. The number of rotatable bonds is 3. The first-order valence-corrected chi connectivity index (χ1v) is 7.65. The molecule has 94 valence electrons. The lowest BCUT2D eigenvalue weighted by Gasteiger charge is -1.99. The second kappa shape index (κ2) is 4.51. The third-order valence-electron chi connectivity index (χ3n) is 2.28. The Morgan fingerprint density at radius 2 is 1.89 bits per heavy atom. The van der Waals surface area contributed by atoms with Gasteiger partial charge < -0.3 is 5.73 Å². The van der Waals surface area contributed by atoms with Gasteiger partial charge in [-0.3, -0.25) is 4.79 Å². The number of aromatic nitrogens is 1. The molecule has 0 unspecified atom stereocenters. The van der Waals surface area contributed by atoms with Crippen molar-refractivity contribution in [1.29, 1.82) is 0 Å². The van der Waals surface area contributed by atoms with Crippen molar-refractivity contribution in [3.05, 3.63) is 35.3 Å². The van der Waals surface area contributed by atoms with E-state index in [0.717, 1.165) is 11.8 Å². The van der Waals surface area contributed by atoms with Crippen molar-refractivity contribution in [2.45, 2.75) is 4.90 Å². The Hall–Kier alpha value is -1.73. The van der Waals surface area contributed by atoms with Crippen molar-refractivity contribution in [3.63, 3.8) is 0 Å². The Labute approximate surface area is 108 Å². The van der Waals surface area contributed by atoms with E-state index >= 15 is 0 Å². The molecule has 5 nitrogen and oxygen atoms in total. The van der Waals surface area contributed by atoms with Gasteiger partial charge in [-0.15, -0.1) is 11.3 Å². The number of primary amides is 1. The highest BCUT2D eigenvalue weighted by Crippen LogP contribution is 2.25. The molecule has 0 aliphatic rings. The second-order valence-electron chi connectivity index (χ2n) is 3.69. The molecule has 0 spiro atoms. The zero-order valence-corrected chi connectivity index (χ0v) is 11.1. The fourth-order valence-electron chi connectivity index (χ4n) is 1.37. The number of amides is 1. The minimum atomic E-state index is -3.20. The smallest absolute Gasteiger partial charge is 0.260 e. The van der Waals surface area contributed by atoms with Crippen LogP contribution in [0.25, 0.3) is 10.6 Å². The van der Waals surface area contributed by atoms with Gasteiger partial charge in [0.15, 0.2) is 9.84 Å². The maximum absolute atomic E-state index is 11.3. The van der Waals surface area contributed by atoms with Gasteiger partial charge in [0.2, 0.25) is 0 Å². The van der Waals surface area contributed by atoms with Crippen LogP contribution in [0.1, 0.15) is 9.67 Å². The fraction of sp³-hybridized carbons (Fsp3) is 0.0909. The van der Waals surface area contributed by atoms with Crippen molar-refractivity contribution in [1.82, 2.24) is 4.98 Å². The van der Waals surface area contributed by atoms with Crippen LogP contribution in [0.2, 0.25) is 0 Å². The molecule has 1 amide bonds. The molecule has 2 aromatic rings. The van der Waals surface area contributed by atoms with Crippen molar-refractivity contribution in [3.8, 4) is 10.6 Å². The summed E-state index contributed by atoms with van der Waals surface area (Å²) in [6, 6.07) is 6.33. The van der Waals surface area contributed by atoms with Gasteiger partial charge in [-0.25, -0.2) is 13.4 Å². The van der Waals surface area contributed by atoms with E-state index in [1.807, 2.05) is 0 Å². The van der Waals surface area contributed by atoms with Crippen molar-refractivity contribution in [2.24, 2.45) is 5.73 Å². The number of sulfone groups is 1. The Balaban J connectivity index is 2.37. The van der Waals surface area contributed by atoms with E-state index in [1.165, 1.54) is 29.7 Å². The zero-order valence-electron chi connectivity index (χ0n) is 9.45. The molecule has 0 atom stereocenters. The summed E-state index contributed by atoms with van der Waals surface area (Å²) >= 11 is 1.17. The van der Waals surface area contributed by atoms with E-state index in [4.69, 9.17) is 5.73 Å². The summed E-state index contributed by atoms with van der Waals surface area (Å²) in [7, 11) is -3.20. The lowest BCUT2D eigenvalue weighted by molar-refractivity contribution is 0.100. The zero-order chi connectivity index (χ0) is 13.3. The normalized spacial score (nSPS) is 11.4. The summed E-state index contributed by atoms with van der Waals surface area (Å²) in [5.41, 5.74) is 5.89. The Morgan fingerprint density at radius 1 is 1.28 bits per heavy atom. The highest BCUT2D eigenvalue weighted by atomic mass is 32.2. The number of carbonyl (C=O) groups excluding carboxylic acids is 1. The van der Waals surface area contributed by atoms with E-state index < -0.39 is 15.7 Å². The van der Waals surface area contributed by atoms with Crippen molar-refractivity contribution in [2.75, 3.05) is 6.26 Å². The lowest BCUT2D eigenvalue weighted by atomic mass is 10.2. The SMILES string of the molecule is CS(=O)(=O)c1ccc(-c2ncc(C(N)=O)s2)cc1. The summed E-state index contributed by atoms with van der Waals surface area (Å²) < 4.78 is 22.6. The van der Waals surface area contributed by atoms with Crippen LogP contribution in [0, 0.1) is 0 Å². The van der Waals surface area contributed by atoms with Gasteiger partial charge in [0.1, 0.15) is 9.88 Å². The predicted molar refractivity (Wildman–Crippen MR) is 69.2 cm³/mol. The molecule has 0 aliphatic heterocycles. The molecule has 0 bridgehead atoms. The number of benzene rings is 1. The predicted octanol–water partition coefficient (Wildman–Crippen LogP) is 1.31.